The molecule has 0 aliphatic carbocycles. The number of benzene rings is 2. The van der Waals surface area contributed by atoms with Crippen LogP contribution in [0.5, 0.6) is 0 Å². The summed E-state index contributed by atoms with van der Waals surface area (Å²) in [5.41, 5.74) is 3.22. The molecule has 0 aromatic heterocycles. The molecule has 0 fully saturated rings. The number of carbonyl (C=O) groups excluding carboxylic acids is 3. The first-order valence-electron chi connectivity index (χ1n) is 9.81. The first-order valence-corrected chi connectivity index (χ1v) is 10.6. The van der Waals surface area contributed by atoms with Gasteiger partial charge in [-0.05, 0) is 58.6 Å². The van der Waals surface area contributed by atoms with Crippen molar-refractivity contribution in [1.29, 1.82) is 5.26 Å². The smallest absolute Gasteiger partial charge is 0.325 e. The van der Waals surface area contributed by atoms with Gasteiger partial charge >= 0.3 is 5.97 Å². The Balaban J connectivity index is 1.68. The van der Waals surface area contributed by atoms with Gasteiger partial charge in [0.05, 0.1) is 34.0 Å². The highest BCUT2D eigenvalue weighted by molar-refractivity contribution is 9.10. The van der Waals surface area contributed by atoms with Crippen LogP contribution in [0, 0.1) is 11.3 Å². The molecule has 0 N–H and O–H groups in total. The monoisotopic (exact) mass is 495 g/mol. The summed E-state index contributed by atoms with van der Waals surface area (Å²) < 4.78 is 5.04. The molecule has 4 rings (SSSR count). The molecule has 0 saturated heterocycles. The first kappa shape index (κ1) is 21.6. The highest BCUT2D eigenvalue weighted by Gasteiger charge is 2.37. The van der Waals surface area contributed by atoms with Crippen LogP contribution in [0.15, 0.2) is 39.0 Å². The number of aryl methyl sites for hydroxylation is 1. The van der Waals surface area contributed by atoms with Gasteiger partial charge in [0.1, 0.15) is 18.3 Å². The molecule has 2 aromatic carbocycles. The Morgan fingerprint density at radius 2 is 2.03 bits per heavy atom. The zero-order valence-electron chi connectivity index (χ0n) is 17.4. The van der Waals surface area contributed by atoms with Gasteiger partial charge in [0, 0.05) is 19.3 Å². The molecule has 2 aliphatic heterocycles. The van der Waals surface area contributed by atoms with Crippen molar-refractivity contribution in [2.24, 2.45) is 10.2 Å². The van der Waals surface area contributed by atoms with E-state index >= 15 is 0 Å². The Labute approximate surface area is 192 Å². The van der Waals surface area contributed by atoms with Crippen LogP contribution >= 0.6 is 15.9 Å². The maximum Gasteiger partial charge on any atom is 0.325 e. The number of rotatable bonds is 4. The number of nitrogens with zero attached hydrogens (tertiary/aromatic N) is 5. The van der Waals surface area contributed by atoms with Crippen LogP contribution in [0.3, 0.4) is 0 Å². The van der Waals surface area contributed by atoms with Crippen molar-refractivity contribution in [3.63, 3.8) is 0 Å². The van der Waals surface area contributed by atoms with E-state index in [4.69, 9.17) is 4.74 Å². The maximum atomic E-state index is 12.4. The number of azo groups is 1. The molecule has 2 aliphatic rings. The lowest BCUT2D eigenvalue weighted by Crippen LogP contribution is -2.34. The molecule has 0 radical (unpaired) electrons. The molecule has 2 aromatic rings. The zero-order valence-corrected chi connectivity index (χ0v) is 19.0. The maximum absolute atomic E-state index is 12.4. The number of fused-ring (bicyclic) bond motifs is 2. The molecule has 9 nitrogen and oxygen atoms in total. The number of anilines is 1. The lowest BCUT2D eigenvalue weighted by atomic mass is 10.0. The number of amides is 2. The third kappa shape index (κ3) is 3.65. The summed E-state index contributed by atoms with van der Waals surface area (Å²) in [4.78, 5) is 39.3. The average molecular weight is 496 g/mol. The molecule has 0 spiro atoms. The molecule has 32 heavy (non-hydrogen) atoms. The zero-order chi connectivity index (χ0) is 23.0. The third-order valence-electron chi connectivity index (χ3n) is 5.51. The molecule has 0 atom stereocenters. The van der Waals surface area contributed by atoms with Crippen molar-refractivity contribution in [2.75, 3.05) is 32.1 Å². The van der Waals surface area contributed by atoms with Crippen LogP contribution in [-0.2, 0) is 16.0 Å². The number of carbonyl (C=O) groups is 3. The lowest BCUT2D eigenvalue weighted by molar-refractivity contribution is -0.138. The van der Waals surface area contributed by atoms with Gasteiger partial charge in [-0.25, -0.2) is 0 Å². The average Bonchev–Trinajstić information content (AvgIpc) is 3.02. The minimum Gasteiger partial charge on any atom is -0.468 e. The van der Waals surface area contributed by atoms with E-state index in [1.54, 1.807) is 6.07 Å². The molecule has 0 saturated carbocycles. The van der Waals surface area contributed by atoms with E-state index in [1.807, 2.05) is 23.1 Å². The standard InChI is InChI=1S/C22H18BrN5O4/c1-27-21(30)15-9-13(10-24)20(19(23)18(15)22(27)31)26-25-14-5-6-16-12(8-14)4-3-7-28(16)11-17(29)32-2/h5-6,8-9H,3-4,7,11H2,1-2H3/b26-25+. The molecule has 162 valence electrons. The quantitative estimate of drug-likeness (QED) is 0.360. The van der Waals surface area contributed by atoms with Gasteiger partial charge in [0.15, 0.2) is 0 Å². The number of hydrogen-bond acceptors (Lipinski definition) is 8. The van der Waals surface area contributed by atoms with Gasteiger partial charge in [-0.3, -0.25) is 19.3 Å². The summed E-state index contributed by atoms with van der Waals surface area (Å²) in [6.07, 6.45) is 1.73. The summed E-state index contributed by atoms with van der Waals surface area (Å²) in [6, 6.07) is 8.93. The van der Waals surface area contributed by atoms with E-state index in [9.17, 15) is 19.6 Å². The van der Waals surface area contributed by atoms with Gasteiger partial charge in [-0.15, -0.1) is 5.11 Å². The summed E-state index contributed by atoms with van der Waals surface area (Å²) in [5.74, 6) is -1.22. The summed E-state index contributed by atoms with van der Waals surface area (Å²) in [5, 5.41) is 18.0. The highest BCUT2D eigenvalue weighted by atomic mass is 79.9. The Hall–Kier alpha value is -3.58. The fourth-order valence-electron chi connectivity index (χ4n) is 3.86. The van der Waals surface area contributed by atoms with Crippen LogP contribution in [0.1, 0.15) is 38.3 Å². The second kappa shape index (κ2) is 8.51. The minimum atomic E-state index is -0.461. The van der Waals surface area contributed by atoms with E-state index in [0.717, 1.165) is 35.5 Å². The molecule has 10 heteroatoms. The first-order chi connectivity index (χ1) is 15.3. The normalized spacial score (nSPS) is 15.1. The minimum absolute atomic E-state index is 0.137. The molecule has 0 bridgehead atoms. The van der Waals surface area contributed by atoms with Gasteiger partial charge in [-0.1, -0.05) is 0 Å². The molecular formula is C22H18BrN5O4. The Morgan fingerprint density at radius 1 is 1.25 bits per heavy atom. The van der Waals surface area contributed by atoms with Crippen LogP contribution in [-0.4, -0.2) is 49.9 Å². The largest absolute Gasteiger partial charge is 0.468 e. The Morgan fingerprint density at radius 3 is 2.75 bits per heavy atom. The second-order valence-electron chi connectivity index (χ2n) is 7.40. The Kier molecular flexibility index (Phi) is 5.76. The topological polar surface area (TPSA) is 115 Å². The molecule has 2 heterocycles. The number of nitriles is 1. The number of esters is 1. The van der Waals surface area contributed by atoms with E-state index in [1.165, 1.54) is 20.2 Å². The van der Waals surface area contributed by atoms with Crippen LogP contribution in [0.2, 0.25) is 0 Å². The SMILES string of the molecule is COC(=O)CN1CCCc2cc(/N=N/c3c(C#N)cc4c(c3Br)C(=O)N(C)C4=O)ccc21. The summed E-state index contributed by atoms with van der Waals surface area (Å²) in [7, 11) is 2.76. The van der Waals surface area contributed by atoms with E-state index < -0.39 is 11.8 Å². The number of ether oxygens (including phenoxy) is 1. The van der Waals surface area contributed by atoms with Crippen molar-refractivity contribution < 1.29 is 19.1 Å². The lowest BCUT2D eigenvalue weighted by Gasteiger charge is -2.30. The predicted octanol–water partition coefficient (Wildman–Crippen LogP) is 3.89. The van der Waals surface area contributed by atoms with Crippen LogP contribution in [0.25, 0.3) is 0 Å². The molecule has 2 amide bonds. The Bertz CT molecular complexity index is 1230. The van der Waals surface area contributed by atoms with Crippen molar-refractivity contribution >= 4 is 50.8 Å². The third-order valence-corrected chi connectivity index (χ3v) is 6.28. The van der Waals surface area contributed by atoms with Crippen LogP contribution < -0.4 is 4.90 Å². The van der Waals surface area contributed by atoms with E-state index in [0.29, 0.717) is 5.69 Å². The second-order valence-corrected chi connectivity index (χ2v) is 8.20. The molecule has 0 unspecified atom stereocenters. The van der Waals surface area contributed by atoms with Crippen molar-refractivity contribution in [2.45, 2.75) is 12.8 Å². The van der Waals surface area contributed by atoms with Crippen LogP contribution in [0.4, 0.5) is 17.1 Å². The van der Waals surface area contributed by atoms with Crippen molar-refractivity contribution in [3.05, 3.63) is 51.0 Å². The number of methoxy groups -OCH3 is 1. The van der Waals surface area contributed by atoms with E-state index in [-0.39, 0.29) is 39.4 Å². The predicted molar refractivity (Wildman–Crippen MR) is 118 cm³/mol. The molecular weight excluding hydrogens is 478 g/mol. The summed E-state index contributed by atoms with van der Waals surface area (Å²) in [6.45, 7) is 0.941. The summed E-state index contributed by atoms with van der Waals surface area (Å²) >= 11 is 3.34. The fraction of sp³-hybridized carbons (Fsp3) is 0.273. The van der Waals surface area contributed by atoms with E-state index in [2.05, 4.69) is 26.2 Å². The number of halogens is 1. The van der Waals surface area contributed by atoms with Gasteiger partial charge in [0.25, 0.3) is 11.8 Å². The highest BCUT2D eigenvalue weighted by Crippen LogP contribution is 2.40. The number of imide groups is 1. The van der Waals surface area contributed by atoms with Gasteiger partial charge in [0.2, 0.25) is 0 Å². The van der Waals surface area contributed by atoms with Crippen molar-refractivity contribution in [3.8, 4) is 6.07 Å². The van der Waals surface area contributed by atoms with Crippen molar-refractivity contribution in [1.82, 2.24) is 4.90 Å². The number of hydrogen-bond donors (Lipinski definition) is 0. The van der Waals surface area contributed by atoms with Gasteiger partial charge < -0.3 is 9.64 Å². The van der Waals surface area contributed by atoms with Gasteiger partial charge in [-0.2, -0.15) is 10.4 Å². The fourth-order valence-corrected chi connectivity index (χ4v) is 4.53.